The molecule has 0 aromatic heterocycles. The molecule has 0 aliphatic rings. The van der Waals surface area contributed by atoms with E-state index in [4.69, 9.17) is 19.7 Å². The Kier molecular flexibility index (Phi) is 19.1. The quantitative estimate of drug-likeness (QED) is 0.383. The summed E-state index contributed by atoms with van der Waals surface area (Å²) in [4.78, 5) is 0. The van der Waals surface area contributed by atoms with Gasteiger partial charge < -0.3 is 19.7 Å². The Morgan fingerprint density at radius 1 is 0.727 bits per heavy atom. The van der Waals surface area contributed by atoms with Crippen LogP contribution in [0.5, 0.6) is 0 Å². The third-order valence-electron chi connectivity index (χ3n) is 0.843. The molecule has 0 aliphatic carbocycles. The first-order chi connectivity index (χ1) is 4.91. The molecule has 63 valence electrons. The summed E-state index contributed by atoms with van der Waals surface area (Å²) in [6.07, 6.45) is 0. The molecule has 1 radical (unpaired) electrons. The van der Waals surface area contributed by atoms with Crippen molar-refractivity contribution in [2.75, 3.05) is 39.6 Å². The van der Waals surface area contributed by atoms with Crippen molar-refractivity contribution in [2.45, 2.75) is 0 Å². The SMILES string of the molecule is OCCOCCOCCO.[K]. The maximum atomic E-state index is 8.26. The number of hydrogen-bond acceptors (Lipinski definition) is 4. The Bertz CT molecular complexity index is 54.5. The summed E-state index contributed by atoms with van der Waals surface area (Å²) in [6.45, 7) is 1.73. The van der Waals surface area contributed by atoms with E-state index in [1.54, 1.807) is 0 Å². The largest absolute Gasteiger partial charge is 0.394 e. The average molecular weight is 189 g/mol. The van der Waals surface area contributed by atoms with E-state index in [1.807, 2.05) is 0 Å². The van der Waals surface area contributed by atoms with E-state index in [-0.39, 0.29) is 64.6 Å². The van der Waals surface area contributed by atoms with E-state index in [0.717, 1.165) is 0 Å². The molecule has 11 heavy (non-hydrogen) atoms. The number of aliphatic hydroxyl groups is 2. The summed E-state index contributed by atoms with van der Waals surface area (Å²) in [7, 11) is 0. The van der Waals surface area contributed by atoms with Crippen molar-refractivity contribution in [3.8, 4) is 0 Å². The summed E-state index contributed by atoms with van der Waals surface area (Å²) in [6, 6.07) is 0. The van der Waals surface area contributed by atoms with Crippen molar-refractivity contribution in [3.63, 3.8) is 0 Å². The first-order valence-corrected chi connectivity index (χ1v) is 3.29. The molecule has 0 spiro atoms. The van der Waals surface area contributed by atoms with E-state index in [0.29, 0.717) is 26.4 Å². The zero-order valence-corrected chi connectivity index (χ0v) is 10.1. The minimum absolute atomic E-state index is 0. The van der Waals surface area contributed by atoms with E-state index >= 15 is 0 Å². The second-order valence-corrected chi connectivity index (χ2v) is 1.67. The van der Waals surface area contributed by atoms with Crippen LogP contribution in [0, 0.1) is 0 Å². The molecule has 0 aromatic carbocycles. The van der Waals surface area contributed by atoms with Crippen LogP contribution >= 0.6 is 0 Å². The van der Waals surface area contributed by atoms with Crippen LogP contribution in [-0.4, -0.2) is 101 Å². The van der Waals surface area contributed by atoms with Gasteiger partial charge in [-0.25, -0.2) is 0 Å². The Morgan fingerprint density at radius 2 is 1.09 bits per heavy atom. The molecule has 0 rings (SSSR count). The van der Waals surface area contributed by atoms with Gasteiger partial charge in [-0.1, -0.05) is 0 Å². The van der Waals surface area contributed by atoms with E-state index < -0.39 is 0 Å². The van der Waals surface area contributed by atoms with Crippen molar-refractivity contribution < 1.29 is 19.7 Å². The van der Waals surface area contributed by atoms with Gasteiger partial charge >= 0.3 is 0 Å². The molecule has 0 saturated heterocycles. The summed E-state index contributed by atoms with van der Waals surface area (Å²) >= 11 is 0. The summed E-state index contributed by atoms with van der Waals surface area (Å²) < 4.78 is 9.75. The second-order valence-electron chi connectivity index (χ2n) is 1.67. The van der Waals surface area contributed by atoms with Crippen LogP contribution in [0.3, 0.4) is 0 Å². The van der Waals surface area contributed by atoms with Crippen LogP contribution < -0.4 is 0 Å². The maximum absolute atomic E-state index is 8.26. The third-order valence-corrected chi connectivity index (χ3v) is 0.843. The molecule has 2 N–H and O–H groups in total. The Morgan fingerprint density at radius 3 is 1.36 bits per heavy atom. The smallest absolute Gasteiger partial charge is 0.0701 e. The molecular weight excluding hydrogens is 175 g/mol. The van der Waals surface area contributed by atoms with E-state index in [1.165, 1.54) is 0 Å². The fraction of sp³-hybridized carbons (Fsp3) is 1.00. The van der Waals surface area contributed by atoms with Gasteiger partial charge in [-0.15, -0.1) is 0 Å². The molecule has 0 saturated carbocycles. The predicted molar refractivity (Wildman–Crippen MR) is 41.6 cm³/mol. The molecule has 0 amide bonds. The minimum atomic E-state index is 0. The zero-order valence-electron chi connectivity index (χ0n) is 6.95. The number of aliphatic hydroxyl groups excluding tert-OH is 2. The van der Waals surface area contributed by atoms with Crippen LogP contribution in [0.2, 0.25) is 0 Å². The summed E-state index contributed by atoms with van der Waals surface area (Å²) in [5.41, 5.74) is 0. The van der Waals surface area contributed by atoms with Crippen LogP contribution in [-0.2, 0) is 9.47 Å². The van der Waals surface area contributed by atoms with Gasteiger partial charge in [-0.05, 0) is 0 Å². The minimum Gasteiger partial charge on any atom is -0.394 e. The van der Waals surface area contributed by atoms with Gasteiger partial charge in [-0.2, -0.15) is 0 Å². The van der Waals surface area contributed by atoms with Crippen molar-refractivity contribution >= 4 is 51.4 Å². The van der Waals surface area contributed by atoms with Crippen LogP contribution in [0.4, 0.5) is 0 Å². The van der Waals surface area contributed by atoms with Gasteiger partial charge in [0.05, 0.1) is 39.6 Å². The molecule has 0 aromatic rings. The van der Waals surface area contributed by atoms with Crippen molar-refractivity contribution in [3.05, 3.63) is 0 Å². The topological polar surface area (TPSA) is 58.9 Å². The third kappa shape index (κ3) is 14.3. The number of ether oxygens (including phenoxy) is 2. The molecule has 5 heteroatoms. The van der Waals surface area contributed by atoms with Gasteiger partial charge in [0, 0.05) is 51.4 Å². The molecule has 0 unspecified atom stereocenters. The zero-order chi connectivity index (χ0) is 7.66. The van der Waals surface area contributed by atoms with Crippen LogP contribution in [0.15, 0.2) is 0 Å². The Hall–Kier alpha value is 1.48. The maximum Gasteiger partial charge on any atom is 0.0701 e. The molecule has 0 atom stereocenters. The molecule has 4 nitrogen and oxygen atoms in total. The monoisotopic (exact) mass is 189 g/mol. The van der Waals surface area contributed by atoms with Gasteiger partial charge in [0.2, 0.25) is 0 Å². The van der Waals surface area contributed by atoms with Crippen molar-refractivity contribution in [2.24, 2.45) is 0 Å². The molecule has 0 fully saturated rings. The molecule has 0 bridgehead atoms. The normalized spacial score (nSPS) is 9.27. The fourth-order valence-electron chi connectivity index (χ4n) is 0.451. The first kappa shape index (κ1) is 15.0. The van der Waals surface area contributed by atoms with Gasteiger partial charge in [0.15, 0.2) is 0 Å². The Labute approximate surface area is 109 Å². The summed E-state index contributed by atoms with van der Waals surface area (Å²) in [5.74, 6) is 0. The van der Waals surface area contributed by atoms with Crippen LogP contribution in [0.25, 0.3) is 0 Å². The fourth-order valence-corrected chi connectivity index (χ4v) is 0.451. The molecular formula is C6H14KO4. The average Bonchev–Trinajstić information content (AvgIpc) is 1.97. The standard InChI is InChI=1S/C6H14O4.K/c7-1-3-9-5-6-10-4-2-8;/h7-8H,1-6H2;. The number of rotatable bonds is 7. The molecule has 0 aliphatic heterocycles. The van der Waals surface area contributed by atoms with E-state index in [9.17, 15) is 0 Å². The van der Waals surface area contributed by atoms with Crippen LogP contribution in [0.1, 0.15) is 0 Å². The number of hydrogen-bond donors (Lipinski definition) is 2. The van der Waals surface area contributed by atoms with Gasteiger partial charge in [0.25, 0.3) is 0 Å². The van der Waals surface area contributed by atoms with Crippen molar-refractivity contribution in [1.82, 2.24) is 0 Å². The van der Waals surface area contributed by atoms with Gasteiger partial charge in [0.1, 0.15) is 0 Å². The first-order valence-electron chi connectivity index (χ1n) is 3.29. The van der Waals surface area contributed by atoms with E-state index in [2.05, 4.69) is 0 Å². The second kappa shape index (κ2) is 14.0. The Balaban J connectivity index is 0. The summed E-state index contributed by atoms with van der Waals surface area (Å²) in [5, 5.41) is 16.5. The molecule has 0 heterocycles. The van der Waals surface area contributed by atoms with Crippen molar-refractivity contribution in [1.29, 1.82) is 0 Å². The predicted octanol–water partition coefficient (Wildman–Crippen LogP) is -1.38. The van der Waals surface area contributed by atoms with Gasteiger partial charge in [-0.3, -0.25) is 0 Å².